The van der Waals surface area contributed by atoms with Crippen LogP contribution >= 0.6 is 0 Å². The van der Waals surface area contributed by atoms with E-state index >= 15 is 0 Å². The fourth-order valence-corrected chi connectivity index (χ4v) is 4.99. The Morgan fingerprint density at radius 3 is 2.00 bits per heavy atom. The van der Waals surface area contributed by atoms with E-state index in [2.05, 4.69) is 103 Å². The Hall–Kier alpha value is -3.02. The number of fused-ring (bicyclic) bond motifs is 2. The first-order valence-corrected chi connectivity index (χ1v) is 9.91. The van der Waals surface area contributed by atoms with E-state index < -0.39 is 5.41 Å². The molecule has 6 rings (SSSR count). The van der Waals surface area contributed by atoms with Crippen molar-refractivity contribution in [3.05, 3.63) is 138 Å². The van der Waals surface area contributed by atoms with Gasteiger partial charge in [-0.1, -0.05) is 78.9 Å². The van der Waals surface area contributed by atoms with Crippen LogP contribution < -0.4 is 0 Å². The predicted molar refractivity (Wildman–Crippen MR) is 118 cm³/mol. The molecule has 1 aliphatic rings. The van der Waals surface area contributed by atoms with E-state index in [4.69, 9.17) is 4.98 Å². The topological polar surface area (TPSA) is 12.9 Å². The van der Waals surface area contributed by atoms with Crippen molar-refractivity contribution in [1.29, 1.82) is 0 Å². The molecular weight excluding hydrogens is 545 g/mol. The van der Waals surface area contributed by atoms with Crippen molar-refractivity contribution in [2.24, 2.45) is 0 Å². The summed E-state index contributed by atoms with van der Waals surface area (Å²) in [5.74, 6) is 0. The summed E-state index contributed by atoms with van der Waals surface area (Å²) in [5, 5.41) is 2.43. The number of aromatic nitrogens is 1. The smallest absolute Gasteiger partial charge is 0.0365 e. The zero-order valence-electron chi connectivity index (χ0n) is 16.2. The molecule has 0 unspecified atom stereocenters. The molecule has 0 N–H and O–H groups in total. The number of nitrogens with zero attached hydrogens (tertiary/aromatic N) is 1. The number of hydrogen-bond donors (Lipinski definition) is 0. The summed E-state index contributed by atoms with van der Waals surface area (Å²) in [6.07, 6.45) is 1.91. The standard InChI is InChI=1S/C28H18N.Pt/c1-3-11-21(12-4-1)28(22-13-5-2-6-14-22)24-16-8-7-15-23(24)27-26-20(18-19-29-27)10-9-17-25(26)28;/h1-14,16-19H;/q-1;. The summed E-state index contributed by atoms with van der Waals surface area (Å²) in [6.45, 7) is 0. The van der Waals surface area contributed by atoms with Crippen LogP contribution in [0.25, 0.3) is 22.0 Å². The summed E-state index contributed by atoms with van der Waals surface area (Å²) >= 11 is 0. The van der Waals surface area contributed by atoms with Crippen LogP contribution in [0.5, 0.6) is 0 Å². The van der Waals surface area contributed by atoms with Gasteiger partial charge >= 0.3 is 0 Å². The second kappa shape index (κ2) is 7.34. The van der Waals surface area contributed by atoms with E-state index in [-0.39, 0.29) is 21.1 Å². The van der Waals surface area contributed by atoms with Gasteiger partial charge in [0.25, 0.3) is 0 Å². The van der Waals surface area contributed by atoms with Crippen molar-refractivity contribution >= 4 is 10.8 Å². The van der Waals surface area contributed by atoms with E-state index in [1.54, 1.807) is 0 Å². The molecule has 0 aliphatic heterocycles. The minimum Gasteiger partial charge on any atom is -0.304 e. The zero-order valence-corrected chi connectivity index (χ0v) is 18.4. The molecule has 1 aromatic heterocycles. The molecule has 0 amide bonds. The summed E-state index contributed by atoms with van der Waals surface area (Å²) in [7, 11) is 0. The molecule has 1 aliphatic carbocycles. The van der Waals surface area contributed by atoms with Gasteiger partial charge in [0.1, 0.15) is 0 Å². The van der Waals surface area contributed by atoms with Crippen molar-refractivity contribution in [2.75, 3.05) is 0 Å². The Morgan fingerprint density at radius 1 is 0.633 bits per heavy atom. The van der Waals surface area contributed by atoms with Crippen molar-refractivity contribution in [3.63, 3.8) is 0 Å². The zero-order chi connectivity index (χ0) is 19.3. The molecule has 0 saturated heterocycles. The SMILES string of the molecule is [Pt].[c-]1cccc2c1-c1nccc3cccc(c13)C2(c1ccccc1)c1ccccc1. The van der Waals surface area contributed by atoms with E-state index in [1.807, 2.05) is 12.3 Å². The third-order valence-corrected chi connectivity index (χ3v) is 6.11. The summed E-state index contributed by atoms with van der Waals surface area (Å²) in [4.78, 5) is 4.80. The number of hydrogen-bond acceptors (Lipinski definition) is 1. The maximum Gasteiger partial charge on any atom is 0.0365 e. The molecule has 30 heavy (non-hydrogen) atoms. The monoisotopic (exact) mass is 563 g/mol. The molecule has 0 saturated carbocycles. The van der Waals surface area contributed by atoms with Gasteiger partial charge in [0, 0.05) is 32.7 Å². The number of benzene rings is 4. The molecule has 0 radical (unpaired) electrons. The van der Waals surface area contributed by atoms with Crippen LogP contribution in [0.1, 0.15) is 22.3 Å². The predicted octanol–water partition coefficient (Wildman–Crippen LogP) is 6.40. The van der Waals surface area contributed by atoms with Crippen LogP contribution in [-0.4, -0.2) is 4.98 Å². The molecule has 0 fully saturated rings. The average Bonchev–Trinajstić information content (AvgIpc) is 2.81. The third kappa shape index (κ3) is 2.49. The van der Waals surface area contributed by atoms with Gasteiger partial charge in [-0.25, -0.2) is 0 Å². The first-order chi connectivity index (χ1) is 14.4. The maximum atomic E-state index is 4.80. The van der Waals surface area contributed by atoms with Crippen molar-refractivity contribution in [1.82, 2.24) is 4.98 Å². The second-order valence-electron chi connectivity index (χ2n) is 7.50. The molecule has 5 aromatic rings. The average molecular weight is 564 g/mol. The fourth-order valence-electron chi connectivity index (χ4n) is 4.99. The van der Waals surface area contributed by atoms with Gasteiger partial charge in [0.2, 0.25) is 0 Å². The third-order valence-electron chi connectivity index (χ3n) is 6.11. The molecule has 4 aromatic carbocycles. The molecule has 1 nitrogen and oxygen atoms in total. The van der Waals surface area contributed by atoms with E-state index in [1.165, 1.54) is 33.0 Å². The normalized spacial score (nSPS) is 13.3. The Bertz CT molecular complexity index is 1300. The Balaban J connectivity index is 0.00000193. The van der Waals surface area contributed by atoms with Crippen LogP contribution in [0, 0.1) is 6.07 Å². The molecule has 0 atom stereocenters. The minimum atomic E-state index is -0.412. The minimum absolute atomic E-state index is 0. The molecule has 146 valence electrons. The van der Waals surface area contributed by atoms with Gasteiger partial charge in [0.05, 0.1) is 0 Å². The summed E-state index contributed by atoms with van der Waals surface area (Å²) in [5.41, 5.74) is 6.73. The number of pyridine rings is 1. The molecule has 0 spiro atoms. The van der Waals surface area contributed by atoms with Crippen LogP contribution in [0.2, 0.25) is 0 Å². The van der Waals surface area contributed by atoms with E-state index in [9.17, 15) is 0 Å². The van der Waals surface area contributed by atoms with Crippen molar-refractivity contribution in [3.8, 4) is 11.3 Å². The summed E-state index contributed by atoms with van der Waals surface area (Å²) < 4.78 is 0. The van der Waals surface area contributed by atoms with Crippen LogP contribution in [0.3, 0.4) is 0 Å². The van der Waals surface area contributed by atoms with Crippen LogP contribution in [0.15, 0.2) is 109 Å². The van der Waals surface area contributed by atoms with Crippen molar-refractivity contribution < 1.29 is 21.1 Å². The molecule has 0 bridgehead atoms. The largest absolute Gasteiger partial charge is 0.304 e. The fraction of sp³-hybridized carbons (Fsp3) is 0.0357. The first-order valence-electron chi connectivity index (χ1n) is 9.91. The van der Waals surface area contributed by atoms with E-state index in [0.717, 1.165) is 11.3 Å². The summed E-state index contributed by atoms with van der Waals surface area (Å²) in [6, 6.07) is 40.2. The van der Waals surface area contributed by atoms with E-state index in [0.29, 0.717) is 0 Å². The second-order valence-corrected chi connectivity index (χ2v) is 7.50. The van der Waals surface area contributed by atoms with Gasteiger partial charge in [-0.15, -0.1) is 35.4 Å². The van der Waals surface area contributed by atoms with Crippen molar-refractivity contribution in [2.45, 2.75) is 5.41 Å². The number of rotatable bonds is 2. The quantitative estimate of drug-likeness (QED) is 0.223. The van der Waals surface area contributed by atoms with Gasteiger partial charge in [-0.3, -0.25) is 0 Å². The van der Waals surface area contributed by atoms with Gasteiger partial charge in [-0.05, 0) is 39.2 Å². The Morgan fingerprint density at radius 2 is 1.30 bits per heavy atom. The molecular formula is C28H18NPt-. The molecule has 2 heteroatoms. The first kappa shape index (κ1) is 19.0. The van der Waals surface area contributed by atoms with Gasteiger partial charge in [0.15, 0.2) is 0 Å². The van der Waals surface area contributed by atoms with Gasteiger partial charge < -0.3 is 4.98 Å². The van der Waals surface area contributed by atoms with Gasteiger partial charge in [-0.2, -0.15) is 0 Å². The van der Waals surface area contributed by atoms with Crippen LogP contribution in [0.4, 0.5) is 0 Å². The molecule has 1 heterocycles. The Labute approximate surface area is 190 Å². The van der Waals surface area contributed by atoms with Crippen LogP contribution in [-0.2, 0) is 26.5 Å². The maximum absolute atomic E-state index is 4.80. The Kier molecular flexibility index (Phi) is 4.64.